The van der Waals surface area contributed by atoms with Gasteiger partial charge < -0.3 is 19.9 Å². The summed E-state index contributed by atoms with van der Waals surface area (Å²) in [6.45, 7) is 9.38. The molecule has 0 radical (unpaired) electrons. The Bertz CT molecular complexity index is 1030. The fraction of sp³-hybridized carbons (Fsp3) is 0.583. The zero-order chi connectivity index (χ0) is 25.3. The van der Waals surface area contributed by atoms with Gasteiger partial charge in [0.05, 0.1) is 5.69 Å². The molecule has 1 unspecified atom stereocenters. The van der Waals surface area contributed by atoms with Crippen molar-refractivity contribution in [2.24, 2.45) is 0 Å². The number of benzene rings is 1. The van der Waals surface area contributed by atoms with Crippen LogP contribution in [0.5, 0.6) is 0 Å². The fourth-order valence-corrected chi connectivity index (χ4v) is 4.66. The van der Waals surface area contributed by atoms with E-state index in [4.69, 9.17) is 4.74 Å². The third-order valence-electron chi connectivity index (χ3n) is 6.40. The molecule has 0 aliphatic carbocycles. The molecule has 2 N–H and O–H groups in total. The van der Waals surface area contributed by atoms with Crippen molar-refractivity contribution in [3.63, 3.8) is 0 Å². The van der Waals surface area contributed by atoms with Crippen LogP contribution < -0.4 is 15.5 Å². The third kappa shape index (κ3) is 5.72. The van der Waals surface area contributed by atoms with Crippen LogP contribution in [-0.4, -0.2) is 84.5 Å². The molecular formula is C24H32FN5O5. The molecule has 4 rings (SSSR count). The highest BCUT2D eigenvalue weighted by Gasteiger charge is 2.40. The number of carbonyl (C=O) groups is 4. The Labute approximate surface area is 203 Å². The number of alkyl carbamates (subject to hydrolysis) is 1. The van der Waals surface area contributed by atoms with E-state index in [1.807, 2.05) is 25.7 Å². The number of rotatable bonds is 5. The molecule has 0 bridgehead atoms. The van der Waals surface area contributed by atoms with Gasteiger partial charge in [-0.25, -0.2) is 9.18 Å². The maximum absolute atomic E-state index is 15.0. The number of fused-ring (bicyclic) bond motifs is 1. The van der Waals surface area contributed by atoms with E-state index in [0.29, 0.717) is 50.5 Å². The summed E-state index contributed by atoms with van der Waals surface area (Å²) in [6.07, 6.45) is -0.00434. The summed E-state index contributed by atoms with van der Waals surface area (Å²) in [6, 6.07) is 2.24. The Balaban J connectivity index is 1.32. The number of amides is 4. The molecule has 0 saturated carbocycles. The topological polar surface area (TPSA) is 111 Å². The fourth-order valence-electron chi connectivity index (χ4n) is 4.66. The maximum atomic E-state index is 15.0. The van der Waals surface area contributed by atoms with Gasteiger partial charge in [-0.2, -0.15) is 0 Å². The molecule has 1 aromatic rings. The van der Waals surface area contributed by atoms with Crippen LogP contribution in [0.15, 0.2) is 12.1 Å². The highest BCUT2D eigenvalue weighted by molar-refractivity contribution is 6.05. The van der Waals surface area contributed by atoms with Gasteiger partial charge in [0.15, 0.2) is 0 Å². The van der Waals surface area contributed by atoms with Gasteiger partial charge in [0.1, 0.15) is 17.5 Å². The number of carbonyl (C=O) groups excluding carboxylic acids is 4. The number of ether oxygens (including phenoxy) is 1. The Hall–Kier alpha value is -3.21. The van der Waals surface area contributed by atoms with Crippen LogP contribution in [0.4, 0.5) is 14.9 Å². The molecule has 2 fully saturated rings. The molecule has 190 valence electrons. The number of halogens is 1. The summed E-state index contributed by atoms with van der Waals surface area (Å²) in [5, 5.41) is 5.02. The van der Waals surface area contributed by atoms with Gasteiger partial charge in [0, 0.05) is 57.8 Å². The van der Waals surface area contributed by atoms with Crippen LogP contribution in [0.3, 0.4) is 0 Å². The monoisotopic (exact) mass is 489 g/mol. The second-order valence-corrected chi connectivity index (χ2v) is 10.1. The summed E-state index contributed by atoms with van der Waals surface area (Å²) < 4.78 is 20.2. The molecule has 3 aliphatic rings. The lowest BCUT2D eigenvalue weighted by atomic mass is 10.0. The van der Waals surface area contributed by atoms with E-state index in [-0.39, 0.29) is 36.8 Å². The van der Waals surface area contributed by atoms with Crippen LogP contribution in [0.25, 0.3) is 0 Å². The zero-order valence-electron chi connectivity index (χ0n) is 20.4. The first kappa shape index (κ1) is 24.9. The van der Waals surface area contributed by atoms with Crippen molar-refractivity contribution in [1.82, 2.24) is 20.4 Å². The molecular weight excluding hydrogens is 457 g/mol. The first-order valence-electron chi connectivity index (χ1n) is 11.9. The largest absolute Gasteiger partial charge is 0.444 e. The van der Waals surface area contributed by atoms with Crippen LogP contribution in [0.2, 0.25) is 0 Å². The summed E-state index contributed by atoms with van der Waals surface area (Å²) in [5.74, 6) is -1.69. The molecule has 2 saturated heterocycles. The lowest BCUT2D eigenvalue weighted by Gasteiger charge is -2.36. The second-order valence-electron chi connectivity index (χ2n) is 10.1. The van der Waals surface area contributed by atoms with Crippen molar-refractivity contribution >= 4 is 29.5 Å². The van der Waals surface area contributed by atoms with Gasteiger partial charge in [-0.3, -0.25) is 24.6 Å². The highest BCUT2D eigenvalue weighted by atomic mass is 19.1. The number of anilines is 1. The van der Waals surface area contributed by atoms with Crippen LogP contribution in [-0.2, 0) is 20.9 Å². The van der Waals surface area contributed by atoms with Crippen molar-refractivity contribution in [2.45, 2.75) is 51.8 Å². The smallest absolute Gasteiger partial charge is 0.407 e. The van der Waals surface area contributed by atoms with Gasteiger partial charge in [-0.05, 0) is 44.9 Å². The van der Waals surface area contributed by atoms with E-state index in [1.54, 1.807) is 6.07 Å². The van der Waals surface area contributed by atoms with Crippen molar-refractivity contribution in [2.75, 3.05) is 44.2 Å². The minimum absolute atomic E-state index is 0.174. The number of piperidine rings is 1. The van der Waals surface area contributed by atoms with Gasteiger partial charge in [0.25, 0.3) is 5.91 Å². The Morgan fingerprint density at radius 2 is 1.89 bits per heavy atom. The molecule has 1 atom stereocenters. The van der Waals surface area contributed by atoms with E-state index in [0.717, 1.165) is 0 Å². The summed E-state index contributed by atoms with van der Waals surface area (Å²) in [7, 11) is 0. The number of piperazine rings is 1. The van der Waals surface area contributed by atoms with Crippen molar-refractivity contribution < 1.29 is 28.3 Å². The molecule has 0 aromatic heterocycles. The molecule has 35 heavy (non-hydrogen) atoms. The first-order chi connectivity index (χ1) is 16.5. The normalized spacial score (nSPS) is 21.1. The second kappa shape index (κ2) is 9.80. The summed E-state index contributed by atoms with van der Waals surface area (Å²) in [5.41, 5.74) is 0.843. The van der Waals surface area contributed by atoms with E-state index in [1.165, 1.54) is 11.0 Å². The Kier molecular flexibility index (Phi) is 6.98. The lowest BCUT2D eigenvalue weighted by molar-refractivity contribution is -0.136. The lowest BCUT2D eigenvalue weighted by Crippen LogP contribution is -2.52. The van der Waals surface area contributed by atoms with Gasteiger partial charge in [-0.15, -0.1) is 0 Å². The van der Waals surface area contributed by atoms with Crippen molar-refractivity contribution in [1.29, 1.82) is 0 Å². The average Bonchev–Trinajstić information content (AvgIpc) is 3.08. The van der Waals surface area contributed by atoms with E-state index >= 15 is 4.39 Å². The number of nitrogens with one attached hydrogen (secondary N) is 2. The van der Waals surface area contributed by atoms with Crippen LogP contribution in [0.1, 0.15) is 49.5 Å². The summed E-state index contributed by atoms with van der Waals surface area (Å²) >= 11 is 0. The minimum Gasteiger partial charge on any atom is -0.444 e. The summed E-state index contributed by atoms with van der Waals surface area (Å²) in [4.78, 5) is 53.9. The number of hydrogen-bond acceptors (Lipinski definition) is 7. The molecule has 3 aliphatic heterocycles. The molecule has 10 nitrogen and oxygen atoms in total. The van der Waals surface area contributed by atoms with Gasteiger partial charge in [-0.1, -0.05) is 0 Å². The zero-order valence-corrected chi connectivity index (χ0v) is 20.4. The van der Waals surface area contributed by atoms with E-state index < -0.39 is 29.5 Å². The third-order valence-corrected chi connectivity index (χ3v) is 6.40. The minimum atomic E-state index is -0.725. The molecule has 3 heterocycles. The predicted molar refractivity (Wildman–Crippen MR) is 125 cm³/mol. The standard InChI is InChI=1S/C24H32FN5O5/c1-24(2,3)35-23(34)26-6-7-28-8-10-29(11-9-28)19-12-15-14-30(22(33)16(15)13-17(19)25)18-4-5-20(31)27-21(18)32/h12-13,18H,4-11,14H2,1-3H3,(H,26,34)(H,27,31,32). The van der Waals surface area contributed by atoms with Crippen LogP contribution in [0, 0.1) is 5.82 Å². The number of nitrogens with zero attached hydrogens (tertiary/aromatic N) is 3. The molecule has 1 aromatic carbocycles. The Morgan fingerprint density at radius 3 is 2.54 bits per heavy atom. The quantitative estimate of drug-likeness (QED) is 0.599. The molecule has 4 amide bonds. The van der Waals surface area contributed by atoms with Crippen molar-refractivity contribution in [3.05, 3.63) is 29.1 Å². The van der Waals surface area contributed by atoms with Crippen LogP contribution >= 0.6 is 0 Å². The maximum Gasteiger partial charge on any atom is 0.407 e. The van der Waals surface area contributed by atoms with E-state index in [9.17, 15) is 19.2 Å². The predicted octanol–water partition coefficient (Wildman–Crippen LogP) is 1.23. The van der Waals surface area contributed by atoms with E-state index in [2.05, 4.69) is 15.5 Å². The van der Waals surface area contributed by atoms with Gasteiger partial charge in [0.2, 0.25) is 11.8 Å². The number of imide groups is 1. The SMILES string of the molecule is CC(C)(C)OC(=O)NCCN1CCN(c2cc3c(cc2F)C(=O)N(C2CCC(=O)NC2=O)C3)CC1. The molecule has 11 heteroatoms. The number of hydrogen-bond donors (Lipinski definition) is 2. The first-order valence-corrected chi connectivity index (χ1v) is 11.9. The molecule has 0 spiro atoms. The van der Waals surface area contributed by atoms with Gasteiger partial charge >= 0.3 is 6.09 Å². The van der Waals surface area contributed by atoms with Crippen molar-refractivity contribution in [3.8, 4) is 0 Å². The average molecular weight is 490 g/mol. The Morgan fingerprint density at radius 1 is 1.17 bits per heavy atom. The highest BCUT2D eigenvalue weighted by Crippen LogP contribution is 2.33.